The van der Waals surface area contributed by atoms with E-state index in [0.717, 1.165) is 11.1 Å². The van der Waals surface area contributed by atoms with Crippen LogP contribution in [0.15, 0.2) is 40.8 Å². The summed E-state index contributed by atoms with van der Waals surface area (Å²) in [7, 11) is 0. The highest BCUT2D eigenvalue weighted by Gasteiger charge is 2.09. The van der Waals surface area contributed by atoms with E-state index >= 15 is 0 Å². The number of benzene rings is 1. The van der Waals surface area contributed by atoms with Crippen molar-refractivity contribution in [1.82, 2.24) is 9.97 Å². The monoisotopic (exact) mass is 316 g/mol. The maximum absolute atomic E-state index is 11.8. The van der Waals surface area contributed by atoms with E-state index < -0.39 is 5.97 Å². The third-order valence-electron chi connectivity index (χ3n) is 3.18. The van der Waals surface area contributed by atoms with Crippen molar-refractivity contribution in [2.45, 2.75) is 13.2 Å². The number of aromatic nitrogens is 2. The number of thiophene rings is 1. The SMILES string of the molecule is O=C(O)c1ccc(COCc2csc3nc[nH]c(=O)c23)cc1. The summed E-state index contributed by atoms with van der Waals surface area (Å²) in [5.41, 5.74) is 1.74. The number of aromatic amines is 1. The second-order valence-electron chi connectivity index (χ2n) is 4.67. The molecule has 22 heavy (non-hydrogen) atoms. The summed E-state index contributed by atoms with van der Waals surface area (Å²) in [4.78, 5) is 29.9. The summed E-state index contributed by atoms with van der Waals surface area (Å²) in [6.45, 7) is 0.644. The van der Waals surface area contributed by atoms with E-state index in [2.05, 4.69) is 9.97 Å². The van der Waals surface area contributed by atoms with E-state index in [-0.39, 0.29) is 11.1 Å². The predicted octanol–water partition coefficient (Wildman–Crippen LogP) is 2.40. The van der Waals surface area contributed by atoms with Crippen molar-refractivity contribution in [3.63, 3.8) is 0 Å². The van der Waals surface area contributed by atoms with Gasteiger partial charge in [-0.2, -0.15) is 0 Å². The quantitative estimate of drug-likeness (QED) is 0.754. The zero-order valence-corrected chi connectivity index (χ0v) is 12.2. The first kappa shape index (κ1) is 14.4. The van der Waals surface area contributed by atoms with Gasteiger partial charge in [-0.25, -0.2) is 9.78 Å². The number of nitrogens with zero attached hydrogens (tertiary/aromatic N) is 1. The highest BCUT2D eigenvalue weighted by Crippen LogP contribution is 2.21. The normalized spacial score (nSPS) is 10.9. The summed E-state index contributed by atoms with van der Waals surface area (Å²) in [5.74, 6) is -0.955. The summed E-state index contributed by atoms with van der Waals surface area (Å²) >= 11 is 1.40. The van der Waals surface area contributed by atoms with Gasteiger partial charge >= 0.3 is 5.97 Å². The van der Waals surface area contributed by atoms with Crippen LogP contribution in [-0.4, -0.2) is 21.0 Å². The Labute approximate surface area is 129 Å². The molecule has 0 saturated heterocycles. The van der Waals surface area contributed by atoms with Crippen LogP contribution in [0.1, 0.15) is 21.5 Å². The third-order valence-corrected chi connectivity index (χ3v) is 4.11. The first-order valence-electron chi connectivity index (χ1n) is 6.49. The molecule has 2 heterocycles. The zero-order valence-electron chi connectivity index (χ0n) is 11.4. The number of hydrogen-bond acceptors (Lipinski definition) is 5. The number of fused-ring (bicyclic) bond motifs is 1. The van der Waals surface area contributed by atoms with Crippen LogP contribution in [0.4, 0.5) is 0 Å². The van der Waals surface area contributed by atoms with Gasteiger partial charge < -0.3 is 14.8 Å². The largest absolute Gasteiger partial charge is 0.478 e. The van der Waals surface area contributed by atoms with Crippen molar-refractivity contribution in [1.29, 1.82) is 0 Å². The molecule has 0 fully saturated rings. The lowest BCUT2D eigenvalue weighted by atomic mass is 10.1. The number of carboxylic acids is 1. The highest BCUT2D eigenvalue weighted by atomic mass is 32.1. The van der Waals surface area contributed by atoms with Gasteiger partial charge in [0.15, 0.2) is 0 Å². The fourth-order valence-corrected chi connectivity index (χ4v) is 2.97. The fourth-order valence-electron chi connectivity index (χ4n) is 2.07. The van der Waals surface area contributed by atoms with E-state index in [0.29, 0.717) is 23.4 Å². The molecular formula is C15H12N2O4S. The van der Waals surface area contributed by atoms with Crippen LogP contribution in [0, 0.1) is 0 Å². The van der Waals surface area contributed by atoms with E-state index in [1.165, 1.54) is 29.8 Å². The Morgan fingerprint density at radius 1 is 1.27 bits per heavy atom. The molecule has 0 bridgehead atoms. The van der Waals surface area contributed by atoms with Crippen LogP contribution in [0.3, 0.4) is 0 Å². The Kier molecular flexibility index (Phi) is 3.99. The van der Waals surface area contributed by atoms with Gasteiger partial charge in [-0.15, -0.1) is 11.3 Å². The van der Waals surface area contributed by atoms with Crippen LogP contribution in [-0.2, 0) is 18.0 Å². The molecule has 7 heteroatoms. The maximum atomic E-state index is 11.8. The first-order valence-corrected chi connectivity index (χ1v) is 7.37. The predicted molar refractivity (Wildman–Crippen MR) is 82.1 cm³/mol. The summed E-state index contributed by atoms with van der Waals surface area (Å²) < 4.78 is 5.61. The number of nitrogens with one attached hydrogen (secondary N) is 1. The van der Waals surface area contributed by atoms with Crippen molar-refractivity contribution >= 4 is 27.5 Å². The lowest BCUT2D eigenvalue weighted by Crippen LogP contribution is -2.07. The van der Waals surface area contributed by atoms with Gasteiger partial charge in [0.05, 0.1) is 30.5 Å². The molecule has 0 radical (unpaired) electrons. The zero-order chi connectivity index (χ0) is 15.5. The van der Waals surface area contributed by atoms with Crippen molar-refractivity contribution in [3.05, 3.63) is 63.0 Å². The number of ether oxygens (including phenoxy) is 1. The minimum atomic E-state index is -0.955. The molecule has 0 saturated carbocycles. The summed E-state index contributed by atoms with van der Waals surface area (Å²) in [6, 6.07) is 6.50. The molecule has 0 aliphatic heterocycles. The smallest absolute Gasteiger partial charge is 0.335 e. The van der Waals surface area contributed by atoms with Crippen molar-refractivity contribution in [2.24, 2.45) is 0 Å². The average Bonchev–Trinajstić information content (AvgIpc) is 2.92. The van der Waals surface area contributed by atoms with Gasteiger partial charge in [-0.3, -0.25) is 4.79 Å². The molecule has 1 aromatic carbocycles. The Balaban J connectivity index is 1.67. The van der Waals surface area contributed by atoms with E-state index in [4.69, 9.17) is 9.84 Å². The summed E-state index contributed by atoms with van der Waals surface area (Å²) in [6.07, 6.45) is 1.38. The second kappa shape index (κ2) is 6.08. The van der Waals surface area contributed by atoms with Gasteiger partial charge in [0, 0.05) is 5.56 Å². The molecule has 6 nitrogen and oxygen atoms in total. The number of rotatable bonds is 5. The molecule has 0 atom stereocenters. The van der Waals surface area contributed by atoms with Crippen molar-refractivity contribution in [2.75, 3.05) is 0 Å². The fraction of sp³-hybridized carbons (Fsp3) is 0.133. The van der Waals surface area contributed by atoms with E-state index in [9.17, 15) is 9.59 Å². The van der Waals surface area contributed by atoms with Gasteiger partial charge in [0.1, 0.15) is 4.83 Å². The Morgan fingerprint density at radius 2 is 2.05 bits per heavy atom. The van der Waals surface area contributed by atoms with Crippen LogP contribution < -0.4 is 5.56 Å². The lowest BCUT2D eigenvalue weighted by Gasteiger charge is -2.04. The molecule has 0 unspecified atom stereocenters. The van der Waals surface area contributed by atoms with Crippen LogP contribution in [0.5, 0.6) is 0 Å². The van der Waals surface area contributed by atoms with Crippen molar-refractivity contribution in [3.8, 4) is 0 Å². The van der Waals surface area contributed by atoms with Gasteiger partial charge in [-0.1, -0.05) is 12.1 Å². The molecule has 0 spiro atoms. The van der Waals surface area contributed by atoms with Gasteiger partial charge in [0.25, 0.3) is 5.56 Å². The minimum absolute atomic E-state index is 0.171. The third kappa shape index (κ3) is 2.90. The van der Waals surface area contributed by atoms with Crippen LogP contribution >= 0.6 is 11.3 Å². The molecule has 2 N–H and O–H groups in total. The maximum Gasteiger partial charge on any atom is 0.335 e. The highest BCUT2D eigenvalue weighted by molar-refractivity contribution is 7.16. The lowest BCUT2D eigenvalue weighted by molar-refractivity contribution is 0.0696. The number of carbonyl (C=O) groups is 1. The second-order valence-corrected chi connectivity index (χ2v) is 5.53. The number of carboxylic acid groups (broad SMARTS) is 1. The molecule has 112 valence electrons. The summed E-state index contributed by atoms with van der Waals surface area (Å²) in [5, 5.41) is 11.3. The Morgan fingerprint density at radius 3 is 2.77 bits per heavy atom. The number of hydrogen-bond donors (Lipinski definition) is 2. The molecule has 3 rings (SSSR count). The van der Waals surface area contributed by atoms with Crippen LogP contribution in [0.25, 0.3) is 10.2 Å². The van der Waals surface area contributed by atoms with Crippen LogP contribution in [0.2, 0.25) is 0 Å². The molecule has 0 aliphatic carbocycles. The number of H-pyrrole nitrogens is 1. The topological polar surface area (TPSA) is 92.3 Å². The Bertz CT molecular complexity index is 867. The van der Waals surface area contributed by atoms with Crippen molar-refractivity contribution < 1.29 is 14.6 Å². The van der Waals surface area contributed by atoms with E-state index in [1.807, 2.05) is 5.38 Å². The molecule has 0 amide bonds. The standard InChI is InChI=1S/C15H12N2O4S/c18-13-12-11(7-22-14(12)17-8-16-13)6-21-5-9-1-3-10(4-2-9)15(19)20/h1-4,7-8H,5-6H2,(H,19,20)(H,16,17,18). The number of aromatic carboxylic acids is 1. The molecular weight excluding hydrogens is 304 g/mol. The Hall–Kier alpha value is -2.51. The van der Waals surface area contributed by atoms with E-state index in [1.54, 1.807) is 12.1 Å². The van der Waals surface area contributed by atoms with Gasteiger partial charge in [-0.05, 0) is 23.1 Å². The van der Waals surface area contributed by atoms with Gasteiger partial charge in [0.2, 0.25) is 0 Å². The first-order chi connectivity index (χ1) is 10.6. The molecule has 3 aromatic rings. The average molecular weight is 316 g/mol. The molecule has 2 aromatic heterocycles. The minimum Gasteiger partial charge on any atom is -0.478 e. The molecule has 0 aliphatic rings.